The quantitative estimate of drug-likeness (QED) is 0.124. The van der Waals surface area contributed by atoms with Gasteiger partial charge in [-0.2, -0.15) is 0 Å². The fourth-order valence-corrected chi connectivity index (χ4v) is 8.92. The van der Waals surface area contributed by atoms with Gasteiger partial charge >= 0.3 is 0 Å². The summed E-state index contributed by atoms with van der Waals surface area (Å²) in [6.07, 6.45) is 1.85. The van der Waals surface area contributed by atoms with Crippen LogP contribution in [0.5, 0.6) is 0 Å². The van der Waals surface area contributed by atoms with Gasteiger partial charge in [-0.25, -0.2) is 19.8 Å². The Hall–Kier alpha value is -8.79. The van der Waals surface area contributed by atoms with E-state index in [4.69, 9.17) is 30.9 Å². The average Bonchev–Trinajstić information content (AvgIpc) is 3.74. The van der Waals surface area contributed by atoms with E-state index >= 15 is 0 Å². The van der Waals surface area contributed by atoms with Gasteiger partial charge in [0.2, 0.25) is 0 Å². The van der Waals surface area contributed by atoms with E-state index in [0.717, 1.165) is 93.7 Å². The second-order valence-electron chi connectivity index (χ2n) is 15.7. The molecule has 0 aliphatic heterocycles. The van der Waals surface area contributed by atoms with E-state index in [-0.39, 0.29) is 0 Å². The first-order chi connectivity index (χ1) is 31.1. The monoisotopic (exact) mass is 803 g/mol. The highest BCUT2D eigenvalue weighted by atomic mass is 16.3. The number of fused-ring (bicyclic) bond motifs is 8. The van der Waals surface area contributed by atoms with Gasteiger partial charge in [0.1, 0.15) is 11.2 Å². The summed E-state index contributed by atoms with van der Waals surface area (Å²) in [6.45, 7) is 7.45. The van der Waals surface area contributed by atoms with Crippen molar-refractivity contribution < 1.29 is 4.42 Å². The highest BCUT2D eigenvalue weighted by Gasteiger charge is 2.18. The summed E-state index contributed by atoms with van der Waals surface area (Å²) >= 11 is 0. The summed E-state index contributed by atoms with van der Waals surface area (Å²) in [5.41, 5.74) is 12.3. The molecule has 12 rings (SSSR count). The van der Waals surface area contributed by atoms with Crippen LogP contribution in [-0.4, -0.2) is 19.9 Å². The Morgan fingerprint density at radius 1 is 0.349 bits per heavy atom. The number of rotatable bonds is 6. The molecule has 292 valence electrons. The van der Waals surface area contributed by atoms with Crippen molar-refractivity contribution in [2.24, 2.45) is 0 Å². The number of furan rings is 1. The molecule has 0 unspecified atom stereocenters. The van der Waals surface area contributed by atoms with Crippen LogP contribution in [0.3, 0.4) is 0 Å². The summed E-state index contributed by atoms with van der Waals surface area (Å²) in [7, 11) is 0. The third kappa shape index (κ3) is 6.27. The molecule has 0 amide bonds. The molecule has 3 heterocycles. The lowest BCUT2D eigenvalue weighted by Crippen LogP contribution is -2.00. The van der Waals surface area contributed by atoms with Gasteiger partial charge in [0.25, 0.3) is 0 Å². The standard InChI is InChI=1S/C57H33N5O/c1-58-42-26-23-35(24-27-42)49-34-50-44-19-6-5-18-43(44)48(33-51(50)47-21-11-29-59-54(47)49)39-16-9-14-37(30-39)38-15-10-17-40(31-38)56-60-55(36-12-3-2-4-13-36)61-57(62-56)41-25-28-46-45-20-7-8-22-52(45)63-53(46)32-41/h2-34H. The molecule has 0 fully saturated rings. The second-order valence-corrected chi connectivity index (χ2v) is 15.7. The third-order valence-corrected chi connectivity index (χ3v) is 12.0. The number of benzene rings is 9. The lowest BCUT2D eigenvalue weighted by Gasteiger charge is -2.16. The van der Waals surface area contributed by atoms with Crippen LogP contribution in [-0.2, 0) is 0 Å². The number of nitrogens with zero attached hydrogens (tertiary/aromatic N) is 5. The van der Waals surface area contributed by atoms with Crippen LogP contribution in [0, 0.1) is 6.57 Å². The SMILES string of the molecule is [C-]#[N+]c1ccc(-c2cc3c4ccccc4c(-c4cccc(-c5cccc(-c6nc(-c7ccccc7)nc(-c7ccc8c(c7)oc7ccccc78)n6)c5)c4)cc3c3cccnc23)cc1. The van der Waals surface area contributed by atoms with Crippen molar-refractivity contribution in [1.29, 1.82) is 0 Å². The van der Waals surface area contributed by atoms with Gasteiger partial charge in [-0.15, -0.1) is 0 Å². The normalized spacial score (nSPS) is 11.5. The van der Waals surface area contributed by atoms with Crippen LogP contribution in [0.1, 0.15) is 0 Å². The van der Waals surface area contributed by atoms with Crippen molar-refractivity contribution in [3.63, 3.8) is 0 Å². The van der Waals surface area contributed by atoms with Crippen LogP contribution in [0.4, 0.5) is 5.69 Å². The van der Waals surface area contributed by atoms with Gasteiger partial charge in [0.05, 0.1) is 12.1 Å². The van der Waals surface area contributed by atoms with Gasteiger partial charge in [-0.05, 0) is 97.9 Å². The topological polar surface area (TPSA) is 69.1 Å². The molecule has 0 atom stereocenters. The molecule has 0 aliphatic rings. The molecule has 9 aromatic carbocycles. The number of hydrogen-bond acceptors (Lipinski definition) is 5. The first-order valence-corrected chi connectivity index (χ1v) is 20.8. The average molecular weight is 804 g/mol. The van der Waals surface area contributed by atoms with E-state index in [2.05, 4.69) is 114 Å². The fourth-order valence-electron chi connectivity index (χ4n) is 8.92. The first kappa shape index (κ1) is 36.1. The molecule has 6 nitrogen and oxygen atoms in total. The van der Waals surface area contributed by atoms with Crippen molar-refractivity contribution in [3.8, 4) is 67.5 Å². The number of pyridine rings is 1. The van der Waals surface area contributed by atoms with E-state index in [9.17, 15) is 0 Å². The summed E-state index contributed by atoms with van der Waals surface area (Å²) in [5, 5.41) is 7.85. The predicted molar refractivity (Wildman–Crippen MR) is 256 cm³/mol. The molecule has 0 N–H and O–H groups in total. The highest BCUT2D eigenvalue weighted by molar-refractivity contribution is 6.23. The van der Waals surface area contributed by atoms with Crippen LogP contribution >= 0.6 is 0 Å². The molecule has 63 heavy (non-hydrogen) atoms. The highest BCUT2D eigenvalue weighted by Crippen LogP contribution is 2.42. The summed E-state index contributed by atoms with van der Waals surface area (Å²) in [6, 6.07) is 66.7. The maximum Gasteiger partial charge on any atom is 0.187 e. The Kier molecular flexibility index (Phi) is 8.44. The Morgan fingerprint density at radius 3 is 1.68 bits per heavy atom. The van der Waals surface area contributed by atoms with E-state index < -0.39 is 0 Å². The van der Waals surface area contributed by atoms with E-state index in [1.165, 1.54) is 10.8 Å². The minimum absolute atomic E-state index is 0.574. The Morgan fingerprint density at radius 2 is 0.905 bits per heavy atom. The first-order valence-electron chi connectivity index (χ1n) is 20.8. The molecule has 3 aromatic heterocycles. The summed E-state index contributed by atoms with van der Waals surface area (Å²) in [4.78, 5) is 23.7. The van der Waals surface area contributed by atoms with Gasteiger partial charge in [-0.3, -0.25) is 4.98 Å². The fraction of sp³-hybridized carbons (Fsp3) is 0. The molecule has 0 saturated carbocycles. The molecule has 0 spiro atoms. The largest absolute Gasteiger partial charge is 0.456 e. The third-order valence-electron chi connectivity index (χ3n) is 12.0. The number of hydrogen-bond donors (Lipinski definition) is 0. The molecule has 0 bridgehead atoms. The number of aromatic nitrogens is 4. The molecule has 6 heteroatoms. The van der Waals surface area contributed by atoms with Crippen LogP contribution in [0.2, 0.25) is 0 Å². The maximum absolute atomic E-state index is 7.45. The summed E-state index contributed by atoms with van der Waals surface area (Å²) < 4.78 is 6.26. The molecular weight excluding hydrogens is 771 g/mol. The molecule has 12 aromatic rings. The zero-order valence-corrected chi connectivity index (χ0v) is 33.7. The van der Waals surface area contributed by atoms with Crippen LogP contribution in [0.15, 0.2) is 205 Å². The van der Waals surface area contributed by atoms with E-state index in [1.54, 1.807) is 0 Å². The van der Waals surface area contributed by atoms with Crippen molar-refractivity contribution in [1.82, 2.24) is 19.9 Å². The molecule has 0 radical (unpaired) electrons. The van der Waals surface area contributed by atoms with E-state index in [1.807, 2.05) is 91.1 Å². The van der Waals surface area contributed by atoms with Crippen LogP contribution < -0.4 is 0 Å². The lowest BCUT2D eigenvalue weighted by molar-refractivity contribution is 0.669. The number of para-hydroxylation sites is 1. The summed E-state index contributed by atoms with van der Waals surface area (Å²) in [5.74, 6) is 1.76. The second kappa shape index (κ2) is 14.7. The maximum atomic E-state index is 7.45. The van der Waals surface area contributed by atoms with Gasteiger partial charge < -0.3 is 4.42 Å². The van der Waals surface area contributed by atoms with Crippen molar-refractivity contribution in [3.05, 3.63) is 212 Å². The van der Waals surface area contributed by atoms with Crippen LogP contribution in [0.25, 0.3) is 127 Å². The molecule has 0 saturated heterocycles. The minimum atomic E-state index is 0.574. The predicted octanol–water partition coefficient (Wildman–Crippen LogP) is 15.2. The van der Waals surface area contributed by atoms with Crippen molar-refractivity contribution in [2.45, 2.75) is 0 Å². The lowest BCUT2D eigenvalue weighted by atomic mass is 9.88. The smallest absolute Gasteiger partial charge is 0.187 e. The molecular formula is C57H33N5O. The Labute approximate surface area is 362 Å². The van der Waals surface area contributed by atoms with Crippen molar-refractivity contribution >= 4 is 60.1 Å². The Bertz CT molecular complexity index is 3810. The Balaban J connectivity index is 0.974. The zero-order valence-electron chi connectivity index (χ0n) is 33.7. The molecule has 0 aliphatic carbocycles. The van der Waals surface area contributed by atoms with E-state index in [0.29, 0.717) is 23.2 Å². The van der Waals surface area contributed by atoms with Gasteiger partial charge in [0, 0.05) is 44.6 Å². The van der Waals surface area contributed by atoms with Gasteiger partial charge in [0.15, 0.2) is 23.2 Å². The van der Waals surface area contributed by atoms with Crippen molar-refractivity contribution in [2.75, 3.05) is 0 Å². The zero-order chi connectivity index (χ0) is 41.9. The van der Waals surface area contributed by atoms with Gasteiger partial charge in [-0.1, -0.05) is 146 Å². The minimum Gasteiger partial charge on any atom is -0.456 e.